The van der Waals surface area contributed by atoms with Crippen LogP contribution in [0.5, 0.6) is 0 Å². The lowest BCUT2D eigenvalue weighted by molar-refractivity contribution is -0.138. The van der Waals surface area contributed by atoms with Crippen LogP contribution in [0.2, 0.25) is 0 Å². The van der Waals surface area contributed by atoms with Crippen molar-refractivity contribution >= 4 is 11.6 Å². The molecule has 1 amide bonds. The molecule has 2 atom stereocenters. The molecule has 2 N–H and O–H groups in total. The van der Waals surface area contributed by atoms with Gasteiger partial charge in [-0.3, -0.25) is 9.59 Å². The molecule has 3 heterocycles. The highest BCUT2D eigenvalue weighted by atomic mass is 19.4. The van der Waals surface area contributed by atoms with E-state index in [4.69, 9.17) is 4.74 Å². The van der Waals surface area contributed by atoms with Crippen LogP contribution in [0.25, 0.3) is 0 Å². The lowest BCUT2D eigenvalue weighted by Crippen LogP contribution is -2.41. The maximum absolute atomic E-state index is 13.6. The molecule has 2 aliphatic rings. The number of rotatable bonds is 6. The van der Waals surface area contributed by atoms with Gasteiger partial charge in [0.1, 0.15) is 0 Å². The Morgan fingerprint density at radius 1 is 1.19 bits per heavy atom. The molecule has 0 bridgehead atoms. The summed E-state index contributed by atoms with van der Waals surface area (Å²) in [6.07, 6.45) is 0.360. The van der Waals surface area contributed by atoms with Crippen LogP contribution in [0.4, 0.5) is 18.9 Å². The summed E-state index contributed by atoms with van der Waals surface area (Å²) in [6.45, 7) is 5.93. The van der Waals surface area contributed by atoms with E-state index in [-0.39, 0.29) is 23.2 Å². The number of ether oxygens (including phenoxy) is 1. The summed E-state index contributed by atoms with van der Waals surface area (Å²) >= 11 is 0. The van der Waals surface area contributed by atoms with Crippen molar-refractivity contribution in [1.82, 2.24) is 14.8 Å². The van der Waals surface area contributed by atoms with E-state index in [1.54, 1.807) is 23.8 Å². The number of amides is 1. The Bertz CT molecular complexity index is 1170. The average Bonchev–Trinajstić information content (AvgIpc) is 2.84. The minimum Gasteiger partial charge on any atom is -0.381 e. The number of carbonyl (C=O) groups is 1. The molecule has 1 aromatic carbocycles. The van der Waals surface area contributed by atoms with E-state index < -0.39 is 23.7 Å². The predicted octanol–water partition coefficient (Wildman–Crippen LogP) is 4.52. The van der Waals surface area contributed by atoms with Gasteiger partial charge in [-0.05, 0) is 70.3 Å². The molecule has 4 rings (SSSR count). The summed E-state index contributed by atoms with van der Waals surface area (Å²) in [5.74, 6) is -0.447. The molecule has 0 radical (unpaired) electrons. The molecule has 2 aromatic rings. The number of nitrogens with zero attached hydrogens (tertiary/aromatic N) is 2. The van der Waals surface area contributed by atoms with Crippen LogP contribution in [-0.2, 0) is 10.9 Å². The smallest absolute Gasteiger partial charge is 0.381 e. The van der Waals surface area contributed by atoms with Gasteiger partial charge in [0, 0.05) is 44.1 Å². The quantitative estimate of drug-likeness (QED) is 0.586. The zero-order valence-corrected chi connectivity index (χ0v) is 21.5. The summed E-state index contributed by atoms with van der Waals surface area (Å²) in [7, 11) is 2.03. The van der Waals surface area contributed by atoms with Crippen LogP contribution in [0.3, 0.4) is 0 Å². The van der Waals surface area contributed by atoms with Crippen molar-refractivity contribution in [3.63, 3.8) is 0 Å². The fraction of sp³-hybridized carbons (Fsp3) is 0.556. The number of benzene rings is 1. The Morgan fingerprint density at radius 3 is 2.59 bits per heavy atom. The second-order valence-electron chi connectivity index (χ2n) is 10.1. The lowest BCUT2D eigenvalue weighted by atomic mass is 9.97. The van der Waals surface area contributed by atoms with E-state index in [2.05, 4.69) is 15.5 Å². The van der Waals surface area contributed by atoms with Gasteiger partial charge in [0.05, 0.1) is 22.9 Å². The highest BCUT2D eigenvalue weighted by molar-refractivity contribution is 5.99. The van der Waals surface area contributed by atoms with Crippen molar-refractivity contribution in [3.8, 4) is 0 Å². The minimum absolute atomic E-state index is 0.0757. The highest BCUT2D eigenvalue weighted by Gasteiger charge is 2.33. The molecule has 202 valence electrons. The van der Waals surface area contributed by atoms with Crippen molar-refractivity contribution in [2.45, 2.75) is 63.8 Å². The third-order valence-corrected chi connectivity index (χ3v) is 7.39. The van der Waals surface area contributed by atoms with E-state index in [0.29, 0.717) is 42.9 Å². The number of aromatic nitrogens is 1. The van der Waals surface area contributed by atoms with Crippen LogP contribution in [0.1, 0.15) is 71.7 Å². The van der Waals surface area contributed by atoms with Crippen molar-refractivity contribution in [1.29, 1.82) is 0 Å². The lowest BCUT2D eigenvalue weighted by Gasteiger charge is -2.32. The highest BCUT2D eigenvalue weighted by Crippen LogP contribution is 2.34. The predicted molar refractivity (Wildman–Crippen MR) is 136 cm³/mol. The molecule has 2 fully saturated rings. The topological polar surface area (TPSA) is 75.6 Å². The average molecular weight is 521 g/mol. The van der Waals surface area contributed by atoms with Gasteiger partial charge in [0.15, 0.2) is 0 Å². The van der Waals surface area contributed by atoms with E-state index in [0.717, 1.165) is 32.0 Å². The van der Waals surface area contributed by atoms with Crippen molar-refractivity contribution in [2.24, 2.45) is 0 Å². The van der Waals surface area contributed by atoms with Gasteiger partial charge in [0.2, 0.25) is 0 Å². The molecule has 1 aromatic heterocycles. The van der Waals surface area contributed by atoms with Crippen molar-refractivity contribution in [3.05, 3.63) is 63.1 Å². The number of halogens is 3. The first-order chi connectivity index (χ1) is 17.5. The summed E-state index contributed by atoms with van der Waals surface area (Å²) in [4.78, 5) is 28.8. The third kappa shape index (κ3) is 6.35. The normalized spacial score (nSPS) is 20.4. The van der Waals surface area contributed by atoms with Crippen LogP contribution in [0.15, 0.2) is 35.3 Å². The number of likely N-dealkylation sites (N-methyl/N-ethyl adjacent to an activating group) is 1. The fourth-order valence-corrected chi connectivity index (χ4v) is 5.38. The fourth-order valence-electron chi connectivity index (χ4n) is 5.38. The zero-order chi connectivity index (χ0) is 26.7. The molecule has 0 saturated carbocycles. The molecule has 2 saturated heterocycles. The Labute approximate surface area is 215 Å². The molecule has 1 unspecified atom stereocenters. The number of carbonyl (C=O) groups excluding carboxylic acids is 1. The maximum Gasteiger partial charge on any atom is 0.416 e. The number of likely N-dealkylation sites (tertiary alicyclic amines) is 1. The SMILES string of the molecule is Cc1c(C(C)NC(=O)c2cn(C3CCOCC3)c(=O)cc2N[C@@H]2CCCN(C)C2)cccc1C(F)(F)F. The first kappa shape index (κ1) is 27.2. The van der Waals surface area contributed by atoms with Crippen LogP contribution in [0, 0.1) is 6.92 Å². The van der Waals surface area contributed by atoms with E-state index >= 15 is 0 Å². The largest absolute Gasteiger partial charge is 0.416 e. The molecule has 10 heteroatoms. The van der Waals surface area contributed by atoms with Gasteiger partial charge in [-0.25, -0.2) is 0 Å². The van der Waals surface area contributed by atoms with Gasteiger partial charge in [-0.1, -0.05) is 12.1 Å². The Kier molecular flexibility index (Phi) is 8.28. The summed E-state index contributed by atoms with van der Waals surface area (Å²) in [5.41, 5.74) is 0.303. The molecule has 37 heavy (non-hydrogen) atoms. The molecule has 7 nitrogen and oxygen atoms in total. The number of hydrogen-bond donors (Lipinski definition) is 2. The van der Waals surface area contributed by atoms with Crippen molar-refractivity contribution in [2.75, 3.05) is 38.7 Å². The monoisotopic (exact) mass is 520 g/mol. The first-order valence-electron chi connectivity index (χ1n) is 12.8. The van der Waals surface area contributed by atoms with Crippen molar-refractivity contribution < 1.29 is 22.7 Å². The van der Waals surface area contributed by atoms with Crippen LogP contribution >= 0.6 is 0 Å². The summed E-state index contributed by atoms with van der Waals surface area (Å²) < 4.78 is 47.3. The molecule has 2 aliphatic heterocycles. The summed E-state index contributed by atoms with van der Waals surface area (Å²) in [5, 5.41) is 6.27. The van der Waals surface area contributed by atoms with Gasteiger partial charge in [0.25, 0.3) is 11.5 Å². The number of nitrogens with one attached hydrogen (secondary N) is 2. The van der Waals surface area contributed by atoms with E-state index in [1.807, 2.05) is 7.05 Å². The van der Waals surface area contributed by atoms with Gasteiger partial charge in [-0.2, -0.15) is 13.2 Å². The summed E-state index contributed by atoms with van der Waals surface area (Å²) in [6, 6.07) is 4.78. The Hall–Kier alpha value is -2.85. The third-order valence-electron chi connectivity index (χ3n) is 7.39. The second kappa shape index (κ2) is 11.3. The van der Waals surface area contributed by atoms with E-state index in [1.165, 1.54) is 19.1 Å². The van der Waals surface area contributed by atoms with Gasteiger partial charge in [-0.15, -0.1) is 0 Å². The van der Waals surface area contributed by atoms with Gasteiger partial charge < -0.3 is 24.8 Å². The second-order valence-corrected chi connectivity index (χ2v) is 10.1. The van der Waals surface area contributed by atoms with Crippen LogP contribution < -0.4 is 16.2 Å². The number of alkyl halides is 3. The van der Waals surface area contributed by atoms with E-state index in [9.17, 15) is 22.8 Å². The van der Waals surface area contributed by atoms with Gasteiger partial charge >= 0.3 is 6.18 Å². The molecule has 0 spiro atoms. The molecular weight excluding hydrogens is 485 g/mol. The first-order valence-corrected chi connectivity index (χ1v) is 12.8. The number of pyridine rings is 1. The maximum atomic E-state index is 13.6. The Morgan fingerprint density at radius 2 is 1.92 bits per heavy atom. The molecular formula is C27H35F3N4O3. The Balaban J connectivity index is 1.65. The number of hydrogen-bond acceptors (Lipinski definition) is 5. The standard InChI is InChI=1S/C27H35F3N4O3/c1-17-21(7-4-8-23(17)27(28,29)30)18(2)31-26(36)22-16-34(20-9-12-37-13-10-20)25(35)14-24(22)32-19-6-5-11-33(3)15-19/h4,7-8,14,16,18-20,32H,5-6,9-13,15H2,1-3H3,(H,31,36)/t18?,19-/m1/s1. The number of anilines is 1. The van der Waals surface area contributed by atoms with Crippen LogP contribution in [-0.4, -0.2) is 54.8 Å². The zero-order valence-electron chi connectivity index (χ0n) is 21.5. The molecule has 0 aliphatic carbocycles. The minimum atomic E-state index is -4.48. The number of piperidine rings is 1.